The molecule has 1 unspecified atom stereocenters. The highest BCUT2D eigenvalue weighted by Crippen LogP contribution is 2.31. The first-order chi connectivity index (χ1) is 8.99. The minimum absolute atomic E-state index is 0.0294. The molecule has 5 nitrogen and oxygen atoms in total. The Labute approximate surface area is 115 Å². The molecule has 1 atom stereocenters. The first kappa shape index (κ1) is 14.3. The van der Waals surface area contributed by atoms with Gasteiger partial charge in [0.1, 0.15) is 0 Å². The Morgan fingerprint density at radius 2 is 2.21 bits per heavy atom. The van der Waals surface area contributed by atoms with Crippen molar-refractivity contribution in [2.45, 2.75) is 33.2 Å². The van der Waals surface area contributed by atoms with E-state index in [1.54, 1.807) is 11.8 Å². The zero-order chi connectivity index (χ0) is 14.0. The molecule has 5 heteroatoms. The van der Waals surface area contributed by atoms with Crippen molar-refractivity contribution in [2.75, 3.05) is 26.8 Å². The fraction of sp³-hybridized carbons (Fsp3) is 0.786. The van der Waals surface area contributed by atoms with Gasteiger partial charge in [-0.05, 0) is 26.3 Å². The smallest absolute Gasteiger partial charge is 0.216 e. The highest BCUT2D eigenvalue weighted by Gasteiger charge is 2.31. The summed E-state index contributed by atoms with van der Waals surface area (Å²) in [5.74, 6) is 0.841. The molecule has 1 fully saturated rings. The van der Waals surface area contributed by atoms with Gasteiger partial charge < -0.3 is 9.84 Å². The topological polar surface area (TPSA) is 50.5 Å². The summed E-state index contributed by atoms with van der Waals surface area (Å²) in [5.41, 5.74) is 2.21. The summed E-state index contributed by atoms with van der Waals surface area (Å²) in [6.45, 7) is 7.29. The number of aryl methyl sites for hydroxylation is 2. The largest absolute Gasteiger partial charge is 0.481 e. The molecule has 0 saturated carbocycles. The van der Waals surface area contributed by atoms with E-state index in [9.17, 15) is 5.11 Å². The van der Waals surface area contributed by atoms with Gasteiger partial charge >= 0.3 is 0 Å². The third kappa shape index (κ3) is 2.92. The molecular formula is C14H25N3O2. The molecule has 0 amide bonds. The van der Waals surface area contributed by atoms with Crippen LogP contribution in [0.2, 0.25) is 0 Å². The summed E-state index contributed by atoms with van der Waals surface area (Å²) < 4.78 is 7.23. The molecule has 0 spiro atoms. The van der Waals surface area contributed by atoms with Gasteiger partial charge in [-0.15, -0.1) is 0 Å². The first-order valence-corrected chi connectivity index (χ1v) is 6.89. The molecule has 108 valence electrons. The molecule has 19 heavy (non-hydrogen) atoms. The van der Waals surface area contributed by atoms with E-state index in [1.165, 1.54) is 0 Å². The molecule has 1 aliphatic heterocycles. The SMILES string of the molecule is COc1c(CN2CCCC(C)(CO)C2)c(C)nn1C. The van der Waals surface area contributed by atoms with Crippen molar-refractivity contribution in [3.05, 3.63) is 11.3 Å². The molecule has 1 aliphatic rings. The molecule has 1 aromatic heterocycles. The Hall–Kier alpha value is -1.07. The molecule has 0 radical (unpaired) electrons. The van der Waals surface area contributed by atoms with Crippen molar-refractivity contribution >= 4 is 0 Å². The summed E-state index contributed by atoms with van der Waals surface area (Å²) >= 11 is 0. The van der Waals surface area contributed by atoms with Crippen LogP contribution in [0.5, 0.6) is 5.88 Å². The van der Waals surface area contributed by atoms with Gasteiger partial charge in [-0.2, -0.15) is 5.10 Å². The molecule has 0 aromatic carbocycles. The molecule has 2 rings (SSSR count). The Balaban J connectivity index is 2.13. The number of hydrogen-bond acceptors (Lipinski definition) is 4. The monoisotopic (exact) mass is 267 g/mol. The minimum Gasteiger partial charge on any atom is -0.481 e. The highest BCUT2D eigenvalue weighted by atomic mass is 16.5. The number of likely N-dealkylation sites (tertiary alicyclic amines) is 1. The summed E-state index contributed by atoms with van der Waals surface area (Å²) in [4.78, 5) is 2.40. The summed E-state index contributed by atoms with van der Waals surface area (Å²) in [6, 6.07) is 0. The van der Waals surface area contributed by atoms with Crippen LogP contribution in [-0.2, 0) is 13.6 Å². The number of hydrogen-bond donors (Lipinski definition) is 1. The second-order valence-corrected chi connectivity index (χ2v) is 5.98. The minimum atomic E-state index is 0.0294. The van der Waals surface area contributed by atoms with Crippen LogP contribution in [0.1, 0.15) is 31.0 Å². The van der Waals surface area contributed by atoms with Crippen LogP contribution in [0, 0.1) is 12.3 Å². The van der Waals surface area contributed by atoms with Gasteiger partial charge in [0.25, 0.3) is 0 Å². The summed E-state index contributed by atoms with van der Waals surface area (Å²) in [5, 5.41) is 13.9. The van der Waals surface area contributed by atoms with Gasteiger partial charge in [-0.3, -0.25) is 4.90 Å². The van der Waals surface area contributed by atoms with E-state index in [0.29, 0.717) is 0 Å². The van der Waals surface area contributed by atoms with Crippen molar-refractivity contribution in [1.82, 2.24) is 14.7 Å². The number of methoxy groups -OCH3 is 1. The van der Waals surface area contributed by atoms with Gasteiger partial charge in [0.05, 0.1) is 18.4 Å². The van der Waals surface area contributed by atoms with E-state index in [4.69, 9.17) is 4.74 Å². The highest BCUT2D eigenvalue weighted by molar-refractivity contribution is 5.30. The van der Waals surface area contributed by atoms with E-state index in [0.717, 1.165) is 49.6 Å². The Kier molecular flexibility index (Phi) is 4.16. The van der Waals surface area contributed by atoms with E-state index in [-0.39, 0.29) is 12.0 Å². The van der Waals surface area contributed by atoms with Crippen LogP contribution < -0.4 is 4.74 Å². The molecular weight excluding hydrogens is 242 g/mol. The number of aliphatic hydroxyl groups is 1. The second kappa shape index (κ2) is 5.51. The third-order valence-electron chi connectivity index (χ3n) is 4.11. The Bertz CT molecular complexity index is 444. The number of nitrogens with zero attached hydrogens (tertiary/aromatic N) is 3. The van der Waals surface area contributed by atoms with Crippen LogP contribution in [0.25, 0.3) is 0 Å². The van der Waals surface area contributed by atoms with Crippen molar-refractivity contribution in [1.29, 1.82) is 0 Å². The third-order valence-corrected chi connectivity index (χ3v) is 4.11. The van der Waals surface area contributed by atoms with Crippen LogP contribution in [0.15, 0.2) is 0 Å². The number of aromatic nitrogens is 2. The number of rotatable bonds is 4. The number of ether oxygens (including phenoxy) is 1. The van der Waals surface area contributed by atoms with E-state index in [2.05, 4.69) is 16.9 Å². The average Bonchev–Trinajstić information content (AvgIpc) is 2.64. The van der Waals surface area contributed by atoms with Crippen LogP contribution >= 0.6 is 0 Å². The molecule has 1 N–H and O–H groups in total. The standard InChI is InChI=1S/C14H25N3O2/c1-11-12(13(19-4)16(3)15-11)8-17-7-5-6-14(2,9-17)10-18/h18H,5-10H2,1-4H3. The van der Waals surface area contributed by atoms with Crippen molar-refractivity contribution in [3.8, 4) is 5.88 Å². The lowest BCUT2D eigenvalue weighted by atomic mass is 9.82. The van der Waals surface area contributed by atoms with Gasteiger partial charge in [-0.25, -0.2) is 4.68 Å². The zero-order valence-electron chi connectivity index (χ0n) is 12.4. The van der Waals surface area contributed by atoms with Crippen LogP contribution in [-0.4, -0.2) is 46.6 Å². The fourth-order valence-electron chi connectivity index (χ4n) is 3.03. The van der Waals surface area contributed by atoms with E-state index >= 15 is 0 Å². The number of piperidine rings is 1. The lowest BCUT2D eigenvalue weighted by Gasteiger charge is -2.39. The maximum absolute atomic E-state index is 9.53. The Morgan fingerprint density at radius 1 is 1.47 bits per heavy atom. The Morgan fingerprint density at radius 3 is 2.84 bits per heavy atom. The zero-order valence-corrected chi connectivity index (χ0v) is 12.4. The molecule has 0 bridgehead atoms. The average molecular weight is 267 g/mol. The maximum atomic E-state index is 9.53. The van der Waals surface area contributed by atoms with Crippen molar-refractivity contribution in [3.63, 3.8) is 0 Å². The van der Waals surface area contributed by atoms with Gasteiger partial charge in [-0.1, -0.05) is 6.92 Å². The normalized spacial score (nSPS) is 24.7. The number of aliphatic hydroxyl groups excluding tert-OH is 1. The van der Waals surface area contributed by atoms with Gasteiger partial charge in [0, 0.05) is 32.2 Å². The lowest BCUT2D eigenvalue weighted by Crippen LogP contribution is -2.43. The molecule has 1 saturated heterocycles. The van der Waals surface area contributed by atoms with E-state index in [1.807, 2.05) is 14.0 Å². The van der Waals surface area contributed by atoms with E-state index < -0.39 is 0 Å². The van der Waals surface area contributed by atoms with Crippen molar-refractivity contribution in [2.24, 2.45) is 12.5 Å². The lowest BCUT2D eigenvalue weighted by molar-refractivity contribution is 0.0425. The molecule has 2 heterocycles. The summed E-state index contributed by atoms with van der Waals surface area (Å²) in [7, 11) is 3.59. The van der Waals surface area contributed by atoms with Gasteiger partial charge in [0.2, 0.25) is 5.88 Å². The second-order valence-electron chi connectivity index (χ2n) is 5.98. The fourth-order valence-corrected chi connectivity index (χ4v) is 3.03. The quantitative estimate of drug-likeness (QED) is 0.894. The summed E-state index contributed by atoms with van der Waals surface area (Å²) in [6.07, 6.45) is 2.24. The molecule has 1 aromatic rings. The van der Waals surface area contributed by atoms with Gasteiger partial charge in [0.15, 0.2) is 0 Å². The maximum Gasteiger partial charge on any atom is 0.216 e. The van der Waals surface area contributed by atoms with Crippen LogP contribution in [0.3, 0.4) is 0 Å². The van der Waals surface area contributed by atoms with Crippen molar-refractivity contribution < 1.29 is 9.84 Å². The predicted octanol–water partition coefficient (Wildman–Crippen LogP) is 1.33. The first-order valence-electron chi connectivity index (χ1n) is 6.89. The predicted molar refractivity (Wildman–Crippen MR) is 74.2 cm³/mol. The molecule has 0 aliphatic carbocycles. The van der Waals surface area contributed by atoms with Crippen LogP contribution in [0.4, 0.5) is 0 Å².